The van der Waals surface area contributed by atoms with Crippen molar-refractivity contribution in [2.24, 2.45) is 5.16 Å². The number of amides is 1. The normalized spacial score (nSPS) is 21.5. The Labute approximate surface area is 94.8 Å². The van der Waals surface area contributed by atoms with Gasteiger partial charge in [-0.1, -0.05) is 5.16 Å². The zero-order valence-electron chi connectivity index (χ0n) is 8.07. The predicted octanol–water partition coefficient (Wildman–Crippen LogP) is 0.463. The minimum atomic E-state index is -1.07. The summed E-state index contributed by atoms with van der Waals surface area (Å²) >= 11 is 3.15. The van der Waals surface area contributed by atoms with Gasteiger partial charge in [0, 0.05) is 19.8 Å². The maximum Gasteiger partial charge on any atom is 0.326 e. The zero-order chi connectivity index (χ0) is 11.4. The lowest BCUT2D eigenvalue weighted by Crippen LogP contribution is -2.41. The van der Waals surface area contributed by atoms with E-state index in [1.165, 1.54) is 6.92 Å². The summed E-state index contributed by atoms with van der Waals surface area (Å²) in [6.45, 7) is 1.28. The van der Waals surface area contributed by atoms with Crippen LogP contribution in [-0.4, -0.2) is 33.7 Å². The van der Waals surface area contributed by atoms with Gasteiger partial charge in [-0.05, 0) is 15.9 Å². The second kappa shape index (κ2) is 5.11. The van der Waals surface area contributed by atoms with Crippen LogP contribution in [0.3, 0.4) is 0 Å². The molecular formula is C8H11BrN2O4. The van der Waals surface area contributed by atoms with Crippen LogP contribution < -0.4 is 5.32 Å². The van der Waals surface area contributed by atoms with E-state index in [0.29, 0.717) is 11.0 Å². The molecule has 0 aliphatic carbocycles. The van der Waals surface area contributed by atoms with Gasteiger partial charge in [0.25, 0.3) is 0 Å². The number of carbonyl (C=O) groups excluding carboxylic acids is 1. The molecule has 1 aliphatic heterocycles. The molecule has 0 aromatic heterocycles. The van der Waals surface area contributed by atoms with Gasteiger partial charge in [-0.15, -0.1) is 0 Å². The van der Waals surface area contributed by atoms with Gasteiger partial charge in [-0.3, -0.25) is 4.79 Å². The van der Waals surface area contributed by atoms with Crippen molar-refractivity contribution in [1.29, 1.82) is 0 Å². The van der Waals surface area contributed by atoms with Crippen molar-refractivity contribution >= 4 is 32.4 Å². The van der Waals surface area contributed by atoms with Crippen molar-refractivity contribution in [3.05, 3.63) is 0 Å². The number of aliphatic carboxylic acids is 1. The molecule has 0 bridgehead atoms. The average Bonchev–Trinajstić information content (AvgIpc) is 2.49. The molecule has 2 N–H and O–H groups in total. The molecule has 0 radical (unpaired) electrons. The second-order valence-corrected chi connectivity index (χ2v) is 4.14. The van der Waals surface area contributed by atoms with Crippen LogP contribution in [0.2, 0.25) is 0 Å². The molecule has 2 atom stereocenters. The number of hydrogen-bond acceptors (Lipinski definition) is 4. The standard InChI is InChI=1S/C8H11BrN2O4/c1-4(12)10-6(8(13)14)2-5-3-7(9)11-15-5/h5-6H,2-3H2,1H3,(H,10,12)(H,13,14)/t5-,6+/m0/s1. The van der Waals surface area contributed by atoms with E-state index < -0.39 is 12.0 Å². The summed E-state index contributed by atoms with van der Waals surface area (Å²) in [5.74, 6) is -1.45. The van der Waals surface area contributed by atoms with Crippen molar-refractivity contribution in [3.8, 4) is 0 Å². The van der Waals surface area contributed by atoms with Gasteiger partial charge in [0.2, 0.25) is 5.91 Å². The highest BCUT2D eigenvalue weighted by molar-refractivity contribution is 9.18. The number of carboxylic acid groups (broad SMARTS) is 1. The lowest BCUT2D eigenvalue weighted by molar-refractivity contribution is -0.142. The second-order valence-electron chi connectivity index (χ2n) is 3.23. The van der Waals surface area contributed by atoms with Gasteiger partial charge in [0.05, 0.1) is 0 Å². The van der Waals surface area contributed by atoms with Crippen LogP contribution in [0.15, 0.2) is 5.16 Å². The monoisotopic (exact) mass is 278 g/mol. The van der Waals surface area contributed by atoms with Crippen molar-refractivity contribution in [2.75, 3.05) is 0 Å². The summed E-state index contributed by atoms with van der Waals surface area (Å²) in [7, 11) is 0. The summed E-state index contributed by atoms with van der Waals surface area (Å²) in [6.07, 6.45) is 0.434. The molecule has 0 aromatic rings. The van der Waals surface area contributed by atoms with E-state index in [-0.39, 0.29) is 18.4 Å². The Morgan fingerprint density at radius 3 is 2.87 bits per heavy atom. The minimum absolute atomic E-state index is 0.202. The summed E-state index contributed by atoms with van der Waals surface area (Å²) in [6, 6.07) is -0.930. The number of halogens is 1. The van der Waals surface area contributed by atoms with Gasteiger partial charge >= 0.3 is 5.97 Å². The van der Waals surface area contributed by atoms with Crippen LogP contribution in [0.4, 0.5) is 0 Å². The number of carboxylic acids is 1. The molecule has 0 unspecified atom stereocenters. The fourth-order valence-corrected chi connectivity index (χ4v) is 1.69. The molecule has 1 amide bonds. The Kier molecular flexibility index (Phi) is 4.07. The number of rotatable bonds is 4. The Morgan fingerprint density at radius 1 is 1.80 bits per heavy atom. The summed E-state index contributed by atoms with van der Waals surface area (Å²) in [4.78, 5) is 26.5. The van der Waals surface area contributed by atoms with Gasteiger partial charge in [-0.2, -0.15) is 0 Å². The largest absolute Gasteiger partial charge is 0.480 e. The number of oxime groups is 1. The van der Waals surface area contributed by atoms with Gasteiger partial charge in [0.15, 0.2) is 0 Å². The topological polar surface area (TPSA) is 88.0 Å². The third kappa shape index (κ3) is 3.86. The highest BCUT2D eigenvalue weighted by Crippen LogP contribution is 2.18. The third-order valence-electron chi connectivity index (χ3n) is 1.87. The van der Waals surface area contributed by atoms with Crippen molar-refractivity contribution < 1.29 is 19.5 Å². The van der Waals surface area contributed by atoms with Crippen molar-refractivity contribution in [1.82, 2.24) is 5.32 Å². The van der Waals surface area contributed by atoms with E-state index in [2.05, 4.69) is 26.4 Å². The number of nitrogens with one attached hydrogen (secondary N) is 1. The van der Waals surface area contributed by atoms with E-state index in [1.807, 2.05) is 0 Å². The highest BCUT2D eigenvalue weighted by atomic mass is 79.9. The van der Waals surface area contributed by atoms with Crippen molar-refractivity contribution in [3.63, 3.8) is 0 Å². The smallest absolute Gasteiger partial charge is 0.326 e. The molecule has 6 nitrogen and oxygen atoms in total. The molecule has 0 spiro atoms. The molecule has 7 heteroatoms. The first kappa shape index (κ1) is 12.0. The molecule has 15 heavy (non-hydrogen) atoms. The molecule has 1 heterocycles. The fraction of sp³-hybridized carbons (Fsp3) is 0.625. The Hall–Kier alpha value is -1.11. The van der Waals surface area contributed by atoms with Crippen LogP contribution >= 0.6 is 15.9 Å². The maximum absolute atomic E-state index is 10.8. The summed E-state index contributed by atoms with van der Waals surface area (Å²) in [5.41, 5.74) is 0. The fourth-order valence-electron chi connectivity index (χ4n) is 1.25. The SMILES string of the molecule is CC(=O)N[C@H](C[C@H]1CC(Br)=NO1)C(=O)O. The number of carbonyl (C=O) groups is 2. The van der Waals surface area contributed by atoms with E-state index in [9.17, 15) is 9.59 Å². The summed E-state index contributed by atoms with van der Waals surface area (Å²) < 4.78 is 0.652. The number of hydrogen-bond donors (Lipinski definition) is 2. The van der Waals surface area contributed by atoms with Crippen LogP contribution in [0.1, 0.15) is 19.8 Å². The molecule has 84 valence electrons. The minimum Gasteiger partial charge on any atom is -0.480 e. The van der Waals surface area contributed by atoms with E-state index in [1.54, 1.807) is 0 Å². The molecular weight excluding hydrogens is 268 g/mol. The third-order valence-corrected chi connectivity index (χ3v) is 2.34. The molecule has 0 fully saturated rings. The van der Waals surface area contributed by atoms with Gasteiger partial charge in [0.1, 0.15) is 16.8 Å². The van der Waals surface area contributed by atoms with E-state index in [4.69, 9.17) is 9.94 Å². The van der Waals surface area contributed by atoms with Crippen LogP contribution in [0.5, 0.6) is 0 Å². The Morgan fingerprint density at radius 2 is 2.47 bits per heavy atom. The molecule has 0 aromatic carbocycles. The van der Waals surface area contributed by atoms with Crippen LogP contribution in [-0.2, 0) is 14.4 Å². The first-order valence-electron chi connectivity index (χ1n) is 4.37. The molecule has 1 rings (SSSR count). The van der Waals surface area contributed by atoms with Crippen LogP contribution in [0, 0.1) is 0 Å². The van der Waals surface area contributed by atoms with E-state index in [0.717, 1.165) is 0 Å². The Bertz CT molecular complexity index is 305. The van der Waals surface area contributed by atoms with Gasteiger partial charge < -0.3 is 15.3 Å². The molecule has 0 saturated carbocycles. The van der Waals surface area contributed by atoms with Crippen LogP contribution in [0.25, 0.3) is 0 Å². The molecule has 0 saturated heterocycles. The predicted molar refractivity (Wildman–Crippen MR) is 55.7 cm³/mol. The quantitative estimate of drug-likeness (QED) is 0.782. The van der Waals surface area contributed by atoms with Crippen molar-refractivity contribution in [2.45, 2.75) is 31.9 Å². The number of nitrogens with zero attached hydrogens (tertiary/aromatic N) is 1. The zero-order valence-corrected chi connectivity index (χ0v) is 9.65. The Balaban J connectivity index is 2.45. The average molecular weight is 279 g/mol. The highest BCUT2D eigenvalue weighted by Gasteiger charge is 2.28. The lowest BCUT2D eigenvalue weighted by Gasteiger charge is -2.15. The first-order chi connectivity index (χ1) is 6.99. The summed E-state index contributed by atoms with van der Waals surface area (Å²) in [5, 5.41) is 14.8. The van der Waals surface area contributed by atoms with E-state index >= 15 is 0 Å². The van der Waals surface area contributed by atoms with Gasteiger partial charge in [-0.25, -0.2) is 4.79 Å². The maximum atomic E-state index is 10.8. The lowest BCUT2D eigenvalue weighted by atomic mass is 10.1. The molecule has 1 aliphatic rings. The first-order valence-corrected chi connectivity index (χ1v) is 5.16.